The summed E-state index contributed by atoms with van der Waals surface area (Å²) in [7, 11) is 0. The third-order valence-electron chi connectivity index (χ3n) is 2.30. The second-order valence-electron chi connectivity index (χ2n) is 3.54. The highest BCUT2D eigenvalue weighted by Gasteiger charge is 2.35. The van der Waals surface area contributed by atoms with Crippen molar-refractivity contribution in [3.63, 3.8) is 0 Å². The van der Waals surface area contributed by atoms with Crippen molar-refractivity contribution in [2.24, 2.45) is 0 Å². The van der Waals surface area contributed by atoms with Crippen LogP contribution >= 0.6 is 0 Å². The van der Waals surface area contributed by atoms with Gasteiger partial charge in [0.15, 0.2) is 0 Å². The zero-order valence-electron chi connectivity index (χ0n) is 8.30. The minimum absolute atomic E-state index is 0.405. The monoisotopic (exact) mass is 200 g/mol. The van der Waals surface area contributed by atoms with Gasteiger partial charge in [0.2, 0.25) is 0 Å². The predicted octanol–water partition coefficient (Wildman–Crippen LogP) is 2.55. The van der Waals surface area contributed by atoms with Gasteiger partial charge in [-0.05, 0) is 25.0 Å². The van der Waals surface area contributed by atoms with E-state index in [1.165, 1.54) is 0 Å². The van der Waals surface area contributed by atoms with Crippen molar-refractivity contribution in [1.29, 1.82) is 0 Å². The van der Waals surface area contributed by atoms with Gasteiger partial charge in [-0.15, -0.1) is 0 Å². The molecule has 0 aromatic heterocycles. The first-order valence-corrected chi connectivity index (χ1v) is 4.54. The average Bonchev–Trinajstić information content (AvgIpc) is 2.08. The molecular weight excluding hydrogens is 186 g/mol. The molecule has 0 fully saturated rings. The Morgan fingerprint density at radius 1 is 1.36 bits per heavy atom. The first-order valence-electron chi connectivity index (χ1n) is 4.54. The number of aryl methyl sites for hydroxylation is 1. The summed E-state index contributed by atoms with van der Waals surface area (Å²) in [6, 6.07) is 6.97. The van der Waals surface area contributed by atoms with E-state index in [0.29, 0.717) is 5.56 Å². The Morgan fingerprint density at radius 2 is 1.93 bits per heavy atom. The normalized spacial score (nSPS) is 14.1. The third kappa shape index (κ3) is 2.51. The maximum Gasteiger partial charge on any atom is 0.277 e. The van der Waals surface area contributed by atoms with Crippen LogP contribution < -0.4 is 0 Å². The fourth-order valence-electron chi connectivity index (χ4n) is 1.21. The maximum atomic E-state index is 13.2. The molecule has 0 heterocycles. The molecule has 0 saturated heterocycles. The van der Waals surface area contributed by atoms with Crippen LogP contribution in [-0.4, -0.2) is 17.1 Å². The van der Waals surface area contributed by atoms with Gasteiger partial charge in [0.25, 0.3) is 5.92 Å². The van der Waals surface area contributed by atoms with Crippen LogP contribution in [-0.2, 0) is 6.42 Å². The number of aliphatic hydroxyl groups excluding tert-OH is 1. The van der Waals surface area contributed by atoms with Gasteiger partial charge in [0.05, 0.1) is 0 Å². The van der Waals surface area contributed by atoms with E-state index in [0.717, 1.165) is 12.5 Å². The fraction of sp³-hybridized carbons (Fsp3) is 0.455. The lowest BCUT2D eigenvalue weighted by atomic mass is 10.00. The molecule has 1 rings (SSSR count). The maximum absolute atomic E-state index is 13.2. The van der Waals surface area contributed by atoms with E-state index in [4.69, 9.17) is 5.11 Å². The summed E-state index contributed by atoms with van der Waals surface area (Å²) in [4.78, 5) is 0. The number of rotatable bonds is 3. The summed E-state index contributed by atoms with van der Waals surface area (Å²) in [5.41, 5.74) is 1.41. The Hall–Kier alpha value is -0.960. The molecule has 0 bridgehead atoms. The Kier molecular flexibility index (Phi) is 3.21. The molecule has 0 amide bonds. The topological polar surface area (TPSA) is 20.2 Å². The number of aliphatic hydroxyl groups is 1. The summed E-state index contributed by atoms with van der Waals surface area (Å²) in [6.07, 6.45) is -2.01. The van der Waals surface area contributed by atoms with Gasteiger partial charge in [0, 0.05) is 6.42 Å². The molecular formula is C11H14F2O. The quantitative estimate of drug-likeness (QED) is 0.795. The molecule has 0 saturated carbocycles. The molecule has 0 radical (unpaired) electrons. The summed E-state index contributed by atoms with van der Waals surface area (Å²) in [6.45, 7) is 2.89. The van der Waals surface area contributed by atoms with E-state index >= 15 is 0 Å². The van der Waals surface area contributed by atoms with Crippen LogP contribution in [0.2, 0.25) is 0 Å². The molecule has 0 aliphatic rings. The minimum atomic E-state index is -3.05. The van der Waals surface area contributed by atoms with Gasteiger partial charge in [-0.2, -0.15) is 0 Å². The van der Waals surface area contributed by atoms with E-state index in [1.54, 1.807) is 31.2 Å². The van der Waals surface area contributed by atoms with Gasteiger partial charge in [-0.25, -0.2) is 8.78 Å². The Balaban J connectivity index is 2.84. The average molecular weight is 200 g/mol. The van der Waals surface area contributed by atoms with Crippen molar-refractivity contribution >= 4 is 0 Å². The molecule has 78 valence electrons. The van der Waals surface area contributed by atoms with Crippen molar-refractivity contribution in [1.82, 2.24) is 0 Å². The lowest BCUT2D eigenvalue weighted by molar-refractivity contribution is -0.0983. The summed E-state index contributed by atoms with van der Waals surface area (Å²) >= 11 is 0. The number of benzene rings is 1. The molecule has 1 nitrogen and oxygen atoms in total. The smallest absolute Gasteiger partial charge is 0.277 e. The molecule has 1 unspecified atom stereocenters. The molecule has 1 aromatic rings. The van der Waals surface area contributed by atoms with Gasteiger partial charge >= 0.3 is 0 Å². The molecule has 3 heteroatoms. The van der Waals surface area contributed by atoms with Gasteiger partial charge in [0.1, 0.15) is 6.10 Å². The third-order valence-corrected chi connectivity index (χ3v) is 2.30. The van der Waals surface area contributed by atoms with Crippen LogP contribution in [0.25, 0.3) is 0 Å². The van der Waals surface area contributed by atoms with Crippen LogP contribution in [0, 0.1) is 6.92 Å². The second kappa shape index (κ2) is 4.05. The zero-order valence-corrected chi connectivity index (χ0v) is 8.30. The summed E-state index contributed by atoms with van der Waals surface area (Å²) in [5.74, 6) is -3.05. The zero-order chi connectivity index (χ0) is 10.8. The molecule has 14 heavy (non-hydrogen) atoms. The number of alkyl halides is 2. The molecule has 0 aliphatic carbocycles. The van der Waals surface area contributed by atoms with Gasteiger partial charge in [-0.1, -0.05) is 24.3 Å². The molecule has 1 N–H and O–H groups in total. The van der Waals surface area contributed by atoms with E-state index in [2.05, 4.69) is 0 Å². The summed E-state index contributed by atoms with van der Waals surface area (Å²) < 4.78 is 26.3. The number of hydrogen-bond donors (Lipinski definition) is 1. The Bertz CT molecular complexity index is 308. The van der Waals surface area contributed by atoms with Crippen molar-refractivity contribution in [3.8, 4) is 0 Å². The first kappa shape index (κ1) is 11.1. The van der Waals surface area contributed by atoms with Crippen LogP contribution in [0.3, 0.4) is 0 Å². The standard InChI is InChI=1S/C11H14F2O/c1-8-5-3-4-6-10(8)7-11(12,13)9(2)14/h3-6,9,14H,7H2,1-2H3. The lowest BCUT2D eigenvalue weighted by Crippen LogP contribution is -2.33. The Labute approximate surface area is 82.4 Å². The summed E-state index contributed by atoms with van der Waals surface area (Å²) in [5, 5.41) is 8.88. The van der Waals surface area contributed by atoms with Crippen LogP contribution in [0.15, 0.2) is 24.3 Å². The largest absolute Gasteiger partial charge is 0.387 e. The second-order valence-corrected chi connectivity index (χ2v) is 3.54. The predicted molar refractivity (Wildman–Crippen MR) is 51.5 cm³/mol. The number of halogens is 2. The van der Waals surface area contributed by atoms with E-state index < -0.39 is 18.4 Å². The van der Waals surface area contributed by atoms with E-state index in [-0.39, 0.29) is 0 Å². The molecule has 0 spiro atoms. The molecule has 1 aromatic carbocycles. The highest BCUT2D eigenvalue weighted by Crippen LogP contribution is 2.25. The highest BCUT2D eigenvalue weighted by atomic mass is 19.3. The van der Waals surface area contributed by atoms with Crippen LogP contribution in [0.5, 0.6) is 0 Å². The Morgan fingerprint density at radius 3 is 2.43 bits per heavy atom. The van der Waals surface area contributed by atoms with Crippen LogP contribution in [0.4, 0.5) is 8.78 Å². The molecule has 0 aliphatic heterocycles. The number of hydrogen-bond acceptors (Lipinski definition) is 1. The SMILES string of the molecule is Cc1ccccc1CC(F)(F)C(C)O. The van der Waals surface area contributed by atoms with Gasteiger partial charge < -0.3 is 5.11 Å². The van der Waals surface area contributed by atoms with Crippen molar-refractivity contribution in [3.05, 3.63) is 35.4 Å². The lowest BCUT2D eigenvalue weighted by Gasteiger charge is -2.20. The van der Waals surface area contributed by atoms with Crippen molar-refractivity contribution in [2.45, 2.75) is 32.3 Å². The van der Waals surface area contributed by atoms with Gasteiger partial charge in [-0.3, -0.25) is 0 Å². The minimum Gasteiger partial charge on any atom is -0.387 e. The highest BCUT2D eigenvalue weighted by molar-refractivity contribution is 5.26. The van der Waals surface area contributed by atoms with Crippen molar-refractivity contribution < 1.29 is 13.9 Å². The van der Waals surface area contributed by atoms with Crippen LogP contribution in [0.1, 0.15) is 18.1 Å². The fourth-order valence-corrected chi connectivity index (χ4v) is 1.21. The van der Waals surface area contributed by atoms with E-state index in [9.17, 15) is 8.78 Å². The van der Waals surface area contributed by atoms with E-state index in [1.807, 2.05) is 0 Å². The first-order chi connectivity index (χ1) is 6.43. The van der Waals surface area contributed by atoms with Crippen molar-refractivity contribution in [2.75, 3.05) is 0 Å². The molecule has 1 atom stereocenters.